The van der Waals surface area contributed by atoms with E-state index in [1.165, 1.54) is 0 Å². The number of hydrogen-bond donors (Lipinski definition) is 1. The van der Waals surface area contributed by atoms with Crippen molar-refractivity contribution >= 4 is 34.7 Å². The third-order valence-corrected chi connectivity index (χ3v) is 6.37. The van der Waals surface area contributed by atoms with Gasteiger partial charge in [0.25, 0.3) is 5.56 Å². The summed E-state index contributed by atoms with van der Waals surface area (Å²) in [5, 5.41) is 5.35. The summed E-state index contributed by atoms with van der Waals surface area (Å²) in [5.74, 6) is 0. The first-order valence-electron chi connectivity index (χ1n) is 9.65. The van der Waals surface area contributed by atoms with Crippen molar-refractivity contribution < 1.29 is 9.53 Å². The van der Waals surface area contributed by atoms with E-state index in [1.54, 1.807) is 23.5 Å². The van der Waals surface area contributed by atoms with Gasteiger partial charge in [0.1, 0.15) is 6.10 Å². The molecule has 0 aliphatic heterocycles. The fraction of sp³-hybridized carbons (Fsp3) is 0.273. The van der Waals surface area contributed by atoms with Crippen LogP contribution in [0.15, 0.2) is 52.8 Å². The zero-order chi connectivity index (χ0) is 20.0. The summed E-state index contributed by atoms with van der Waals surface area (Å²) >= 11 is 8.08. The van der Waals surface area contributed by atoms with Gasteiger partial charge < -0.3 is 9.30 Å². The topological polar surface area (TPSA) is 60.3 Å². The summed E-state index contributed by atoms with van der Waals surface area (Å²) in [7, 11) is 0. The number of benzene rings is 1. The number of carbonyl (C=O) groups excluding carboxylic acids is 1. The Labute approximate surface area is 176 Å². The molecule has 1 N–H and O–H groups in total. The fourth-order valence-electron chi connectivity index (χ4n) is 3.22. The Kier molecular flexibility index (Phi) is 4.68. The van der Waals surface area contributed by atoms with E-state index in [0.29, 0.717) is 16.8 Å². The molecule has 2 heterocycles. The van der Waals surface area contributed by atoms with Crippen molar-refractivity contribution in [1.29, 1.82) is 0 Å². The number of amides is 1. The van der Waals surface area contributed by atoms with Gasteiger partial charge >= 0.3 is 6.09 Å². The minimum Gasteiger partial charge on any atom is -0.446 e. The fourth-order valence-corrected chi connectivity index (χ4v) is 4.51. The largest absolute Gasteiger partial charge is 0.446 e. The molecule has 2 saturated carbocycles. The van der Waals surface area contributed by atoms with Gasteiger partial charge in [-0.1, -0.05) is 11.6 Å². The highest BCUT2D eigenvalue weighted by atomic mass is 35.5. The molecule has 2 aliphatic carbocycles. The summed E-state index contributed by atoms with van der Waals surface area (Å²) in [6.07, 6.45) is 5.58. The summed E-state index contributed by atoms with van der Waals surface area (Å²) in [4.78, 5) is 24.9. The van der Waals surface area contributed by atoms with E-state index in [2.05, 4.69) is 16.8 Å². The van der Waals surface area contributed by atoms with E-state index >= 15 is 0 Å². The molecule has 2 aliphatic rings. The lowest BCUT2D eigenvalue weighted by Crippen LogP contribution is -2.16. The van der Waals surface area contributed by atoms with E-state index < -0.39 is 6.09 Å². The van der Waals surface area contributed by atoms with E-state index in [4.69, 9.17) is 16.3 Å². The number of nitrogens with one attached hydrogen (secondary N) is 1. The van der Waals surface area contributed by atoms with Crippen LogP contribution in [-0.2, 0) is 4.74 Å². The maximum Gasteiger partial charge on any atom is 0.411 e. The zero-order valence-corrected chi connectivity index (χ0v) is 17.1. The van der Waals surface area contributed by atoms with Gasteiger partial charge in [-0.2, -0.15) is 0 Å². The highest BCUT2D eigenvalue weighted by Gasteiger charge is 2.26. The Hall–Kier alpha value is -2.57. The Bertz CT molecular complexity index is 1140. The predicted octanol–water partition coefficient (Wildman–Crippen LogP) is 5.94. The molecular weight excluding hydrogens is 408 g/mol. The molecule has 1 amide bonds. The second-order valence-electron chi connectivity index (χ2n) is 7.52. The highest BCUT2D eigenvalue weighted by Crippen LogP contribution is 2.38. The van der Waals surface area contributed by atoms with Crippen LogP contribution >= 0.6 is 22.9 Å². The molecule has 7 heteroatoms. The van der Waals surface area contributed by atoms with Crippen LogP contribution in [0.4, 0.5) is 10.5 Å². The third kappa shape index (κ3) is 4.09. The minimum atomic E-state index is -0.444. The lowest BCUT2D eigenvalue weighted by Gasteiger charge is -2.08. The Morgan fingerprint density at radius 2 is 1.93 bits per heavy atom. The normalized spacial score (nSPS) is 15.9. The Morgan fingerprint density at radius 1 is 1.10 bits per heavy atom. The van der Waals surface area contributed by atoms with E-state index in [9.17, 15) is 9.59 Å². The average Bonchev–Trinajstić information content (AvgIpc) is 3.62. The van der Waals surface area contributed by atoms with Crippen LogP contribution in [-0.4, -0.2) is 16.8 Å². The molecule has 1 aromatic carbocycles. The van der Waals surface area contributed by atoms with Gasteiger partial charge in [-0.05, 0) is 72.5 Å². The summed E-state index contributed by atoms with van der Waals surface area (Å²) in [6.45, 7) is 0. The zero-order valence-electron chi connectivity index (χ0n) is 15.6. The van der Waals surface area contributed by atoms with Gasteiger partial charge in [0.2, 0.25) is 0 Å². The first-order chi connectivity index (χ1) is 14.1. The Balaban J connectivity index is 1.36. The number of aromatic nitrogens is 1. The van der Waals surface area contributed by atoms with Crippen molar-refractivity contribution in [2.24, 2.45) is 0 Å². The van der Waals surface area contributed by atoms with Gasteiger partial charge in [-0.15, -0.1) is 11.3 Å². The average molecular weight is 427 g/mol. The molecule has 0 bridgehead atoms. The van der Waals surface area contributed by atoms with Crippen LogP contribution in [0.5, 0.6) is 0 Å². The van der Waals surface area contributed by atoms with Crippen LogP contribution in [0.3, 0.4) is 0 Å². The van der Waals surface area contributed by atoms with Crippen molar-refractivity contribution in [2.75, 3.05) is 5.32 Å². The molecule has 5 rings (SSSR count). The van der Waals surface area contributed by atoms with Crippen LogP contribution in [0.25, 0.3) is 21.6 Å². The summed E-state index contributed by atoms with van der Waals surface area (Å²) < 4.78 is 7.03. The van der Waals surface area contributed by atoms with E-state index in [1.807, 2.05) is 29.0 Å². The van der Waals surface area contributed by atoms with Crippen LogP contribution in [0.2, 0.25) is 5.02 Å². The van der Waals surface area contributed by atoms with Crippen LogP contribution < -0.4 is 10.9 Å². The second kappa shape index (κ2) is 7.35. The first kappa shape index (κ1) is 18.5. The molecule has 0 unspecified atom stereocenters. The highest BCUT2D eigenvalue weighted by molar-refractivity contribution is 7.14. The number of halogens is 1. The number of carbonyl (C=O) groups is 1. The molecule has 2 aromatic heterocycles. The number of hydrogen-bond acceptors (Lipinski definition) is 4. The number of thiophene rings is 1. The number of rotatable bonds is 5. The molecule has 0 radical (unpaired) electrons. The first-order valence-corrected chi connectivity index (χ1v) is 10.9. The molecule has 0 saturated heterocycles. The number of anilines is 1. The maximum atomic E-state index is 12.0. The van der Waals surface area contributed by atoms with Gasteiger partial charge in [0.15, 0.2) is 0 Å². The summed E-state index contributed by atoms with van der Waals surface area (Å²) in [6, 6.07) is 11.4. The number of pyridine rings is 1. The quantitative estimate of drug-likeness (QED) is 0.549. The lowest BCUT2D eigenvalue weighted by atomic mass is 10.1. The van der Waals surface area contributed by atoms with Crippen LogP contribution in [0, 0.1) is 0 Å². The van der Waals surface area contributed by atoms with Crippen molar-refractivity contribution in [1.82, 2.24) is 4.57 Å². The van der Waals surface area contributed by atoms with Crippen molar-refractivity contribution in [3.8, 4) is 21.6 Å². The monoisotopic (exact) mass is 426 g/mol. The number of nitrogens with zero attached hydrogens (tertiary/aromatic N) is 1. The van der Waals surface area contributed by atoms with Crippen LogP contribution in [0.1, 0.15) is 31.7 Å². The van der Waals surface area contributed by atoms with Crippen molar-refractivity contribution in [3.05, 3.63) is 63.4 Å². The molecule has 5 nitrogen and oxygen atoms in total. The van der Waals surface area contributed by atoms with Crippen molar-refractivity contribution in [3.63, 3.8) is 0 Å². The molecule has 0 spiro atoms. The second-order valence-corrected chi connectivity index (χ2v) is 8.84. The SMILES string of the molecule is O=C(Nc1ccc(-c2cc(-c3ccc(=O)n(C4CC4)c3)cs2)c(Cl)c1)OC1CC1. The molecule has 29 heavy (non-hydrogen) atoms. The van der Waals surface area contributed by atoms with Gasteiger partial charge in [0, 0.05) is 34.4 Å². The lowest BCUT2D eigenvalue weighted by molar-refractivity contribution is 0.154. The van der Waals surface area contributed by atoms with Gasteiger partial charge in [-0.3, -0.25) is 10.1 Å². The molecular formula is C22H19ClN2O3S. The third-order valence-electron chi connectivity index (χ3n) is 5.09. The molecule has 0 atom stereocenters. The smallest absolute Gasteiger partial charge is 0.411 e. The van der Waals surface area contributed by atoms with E-state index in [-0.39, 0.29) is 11.7 Å². The van der Waals surface area contributed by atoms with Crippen molar-refractivity contribution in [2.45, 2.75) is 37.8 Å². The standard InChI is InChI=1S/C22H19ClN2O3S/c23-19-10-15(24-22(27)28-17-5-6-17)2-7-18(19)20-9-14(12-29-20)13-1-8-21(26)25(11-13)16-3-4-16/h1-2,7-12,16-17H,3-6H2,(H,24,27). The molecule has 2 fully saturated rings. The van der Waals surface area contributed by atoms with Gasteiger partial charge in [-0.25, -0.2) is 4.79 Å². The Morgan fingerprint density at radius 3 is 2.66 bits per heavy atom. The number of ether oxygens (including phenoxy) is 1. The summed E-state index contributed by atoms with van der Waals surface area (Å²) in [5.41, 5.74) is 3.65. The minimum absolute atomic E-state index is 0.0537. The molecule has 148 valence electrons. The predicted molar refractivity (Wildman–Crippen MR) is 116 cm³/mol. The van der Waals surface area contributed by atoms with Gasteiger partial charge in [0.05, 0.1) is 5.02 Å². The molecule has 3 aromatic rings. The van der Waals surface area contributed by atoms with E-state index in [0.717, 1.165) is 47.3 Å². The maximum absolute atomic E-state index is 12.0.